The lowest BCUT2D eigenvalue weighted by Crippen LogP contribution is -2.31. The molecule has 1 heterocycles. The fourth-order valence-corrected chi connectivity index (χ4v) is 5.14. The van der Waals surface area contributed by atoms with E-state index in [1.165, 1.54) is 10.4 Å². The van der Waals surface area contributed by atoms with Crippen molar-refractivity contribution in [2.45, 2.75) is 64.2 Å². The number of nitrogens with one attached hydrogen (secondary N) is 1. The van der Waals surface area contributed by atoms with E-state index < -0.39 is 10.0 Å². The van der Waals surface area contributed by atoms with Crippen molar-refractivity contribution in [1.82, 2.24) is 9.62 Å². The molecule has 1 amide bonds. The highest BCUT2D eigenvalue weighted by Gasteiger charge is 2.29. The van der Waals surface area contributed by atoms with Gasteiger partial charge in [0.1, 0.15) is 0 Å². The molecule has 0 aromatic heterocycles. The minimum atomic E-state index is -3.52. The zero-order valence-corrected chi connectivity index (χ0v) is 17.1. The first-order valence-corrected chi connectivity index (χ1v) is 11.2. The predicted octanol–water partition coefficient (Wildman–Crippen LogP) is 3.73. The maximum Gasteiger partial charge on any atom is 0.251 e. The van der Waals surface area contributed by atoms with E-state index >= 15 is 0 Å². The molecule has 0 spiro atoms. The Bertz CT molecular complexity index is 710. The first-order valence-electron chi connectivity index (χ1n) is 9.79. The Balaban J connectivity index is 2.11. The SMILES string of the molecule is CCCC[C@H](CC)CNC(=O)c1ccc(C)c(S(=O)(=O)N2CCCC2)c1. The maximum atomic E-state index is 12.9. The van der Waals surface area contributed by atoms with E-state index in [4.69, 9.17) is 0 Å². The van der Waals surface area contributed by atoms with Crippen LogP contribution in [0.1, 0.15) is 68.3 Å². The molecule has 1 atom stereocenters. The Morgan fingerprint density at radius 3 is 2.54 bits per heavy atom. The van der Waals surface area contributed by atoms with Crippen molar-refractivity contribution >= 4 is 15.9 Å². The van der Waals surface area contributed by atoms with Crippen LogP contribution in [0.25, 0.3) is 0 Å². The number of benzene rings is 1. The third-order valence-corrected chi connectivity index (χ3v) is 7.27. The minimum absolute atomic E-state index is 0.196. The van der Waals surface area contributed by atoms with Gasteiger partial charge in [-0.1, -0.05) is 39.2 Å². The lowest BCUT2D eigenvalue weighted by atomic mass is 9.99. The predicted molar refractivity (Wildman–Crippen MR) is 105 cm³/mol. The third-order valence-electron chi connectivity index (χ3n) is 5.23. The highest BCUT2D eigenvalue weighted by molar-refractivity contribution is 7.89. The molecule has 1 aliphatic rings. The van der Waals surface area contributed by atoms with E-state index in [9.17, 15) is 13.2 Å². The fraction of sp³-hybridized carbons (Fsp3) is 0.650. The molecular formula is C20H32N2O3S. The second-order valence-electron chi connectivity index (χ2n) is 7.22. The van der Waals surface area contributed by atoms with Gasteiger partial charge in [-0.05, 0) is 49.8 Å². The number of aryl methyl sites for hydroxylation is 1. The van der Waals surface area contributed by atoms with Gasteiger partial charge in [0, 0.05) is 25.2 Å². The standard InChI is InChI=1S/C20H32N2O3S/c1-4-6-9-17(5-2)15-21-20(23)18-11-10-16(3)19(14-18)26(24,25)22-12-7-8-13-22/h10-11,14,17H,4-9,12-13,15H2,1-3H3,(H,21,23)/t17-/m0/s1. The van der Waals surface area contributed by atoms with Gasteiger partial charge in [-0.15, -0.1) is 0 Å². The lowest BCUT2D eigenvalue weighted by molar-refractivity contribution is 0.0945. The van der Waals surface area contributed by atoms with Crippen molar-refractivity contribution < 1.29 is 13.2 Å². The summed E-state index contributed by atoms with van der Waals surface area (Å²) >= 11 is 0. The Kier molecular flexibility index (Phi) is 7.65. The molecule has 1 N–H and O–H groups in total. The maximum absolute atomic E-state index is 12.9. The Morgan fingerprint density at radius 1 is 1.23 bits per heavy atom. The molecule has 1 saturated heterocycles. The molecule has 0 radical (unpaired) electrons. The summed E-state index contributed by atoms with van der Waals surface area (Å²) in [5.41, 5.74) is 1.10. The molecular weight excluding hydrogens is 348 g/mol. The van der Waals surface area contributed by atoms with Crippen LogP contribution in [0.15, 0.2) is 23.1 Å². The van der Waals surface area contributed by atoms with Crippen LogP contribution in [0.3, 0.4) is 0 Å². The zero-order valence-electron chi connectivity index (χ0n) is 16.3. The summed E-state index contributed by atoms with van der Waals surface area (Å²) in [6, 6.07) is 4.97. The van der Waals surface area contributed by atoms with Crippen molar-refractivity contribution in [3.05, 3.63) is 29.3 Å². The third kappa shape index (κ3) is 5.07. The second-order valence-corrected chi connectivity index (χ2v) is 9.12. The molecule has 0 bridgehead atoms. The van der Waals surface area contributed by atoms with Crippen molar-refractivity contribution in [1.29, 1.82) is 0 Å². The summed E-state index contributed by atoms with van der Waals surface area (Å²) in [6.45, 7) is 7.85. The number of amides is 1. The number of carbonyl (C=O) groups is 1. The molecule has 146 valence electrons. The molecule has 6 heteroatoms. The highest BCUT2D eigenvalue weighted by Crippen LogP contribution is 2.24. The van der Waals surface area contributed by atoms with E-state index in [2.05, 4.69) is 19.2 Å². The van der Waals surface area contributed by atoms with Crippen LogP contribution >= 0.6 is 0 Å². The van der Waals surface area contributed by atoms with Gasteiger partial charge in [0.05, 0.1) is 4.90 Å². The first kappa shape index (κ1) is 20.9. The van der Waals surface area contributed by atoms with Gasteiger partial charge in [0.2, 0.25) is 10.0 Å². The van der Waals surface area contributed by atoms with E-state index in [0.29, 0.717) is 36.7 Å². The topological polar surface area (TPSA) is 66.5 Å². The second kappa shape index (κ2) is 9.51. The van der Waals surface area contributed by atoms with Crippen LogP contribution in [0.4, 0.5) is 0 Å². The molecule has 1 fully saturated rings. The number of nitrogens with zero attached hydrogens (tertiary/aromatic N) is 1. The largest absolute Gasteiger partial charge is 0.352 e. The van der Waals surface area contributed by atoms with Crippen molar-refractivity contribution in [2.75, 3.05) is 19.6 Å². The highest BCUT2D eigenvalue weighted by atomic mass is 32.2. The summed E-state index contributed by atoms with van der Waals surface area (Å²) in [5.74, 6) is 0.273. The molecule has 0 saturated carbocycles. The number of sulfonamides is 1. The van der Waals surface area contributed by atoms with E-state index in [-0.39, 0.29) is 10.8 Å². The number of unbranched alkanes of at least 4 members (excludes halogenated alkanes) is 1. The van der Waals surface area contributed by atoms with Gasteiger partial charge < -0.3 is 5.32 Å². The average molecular weight is 381 g/mol. The first-order chi connectivity index (χ1) is 12.4. The average Bonchev–Trinajstić information content (AvgIpc) is 3.17. The molecule has 5 nitrogen and oxygen atoms in total. The molecule has 0 unspecified atom stereocenters. The molecule has 0 aliphatic carbocycles. The summed E-state index contributed by atoms with van der Waals surface area (Å²) in [5, 5.41) is 2.98. The molecule has 1 aliphatic heterocycles. The van der Waals surface area contributed by atoms with Crippen molar-refractivity contribution in [3.8, 4) is 0 Å². The van der Waals surface area contributed by atoms with Gasteiger partial charge in [-0.2, -0.15) is 4.31 Å². The van der Waals surface area contributed by atoms with Crippen molar-refractivity contribution in [2.24, 2.45) is 5.92 Å². The van der Waals surface area contributed by atoms with Gasteiger partial charge in [0.25, 0.3) is 5.91 Å². The zero-order chi connectivity index (χ0) is 19.2. The van der Waals surface area contributed by atoms with Crippen LogP contribution in [0.2, 0.25) is 0 Å². The molecule has 26 heavy (non-hydrogen) atoms. The van der Waals surface area contributed by atoms with Crippen LogP contribution < -0.4 is 5.32 Å². The summed E-state index contributed by atoms with van der Waals surface area (Å²) < 4.78 is 27.2. The summed E-state index contributed by atoms with van der Waals surface area (Å²) in [6.07, 6.45) is 6.25. The van der Waals surface area contributed by atoms with Gasteiger partial charge in [-0.25, -0.2) is 8.42 Å². The Hall–Kier alpha value is -1.40. The smallest absolute Gasteiger partial charge is 0.251 e. The normalized spacial score (nSPS) is 16.6. The van der Waals surface area contributed by atoms with Crippen LogP contribution in [-0.2, 0) is 10.0 Å². The fourth-order valence-electron chi connectivity index (χ4n) is 3.37. The Morgan fingerprint density at radius 2 is 1.92 bits per heavy atom. The van der Waals surface area contributed by atoms with Gasteiger partial charge >= 0.3 is 0 Å². The molecule has 1 aromatic rings. The monoisotopic (exact) mass is 380 g/mol. The van der Waals surface area contributed by atoms with E-state index in [0.717, 1.165) is 38.5 Å². The summed E-state index contributed by atoms with van der Waals surface area (Å²) in [4.78, 5) is 12.8. The quantitative estimate of drug-likeness (QED) is 0.710. The number of carbonyl (C=O) groups excluding carboxylic acids is 1. The van der Waals surface area contributed by atoms with E-state index in [1.54, 1.807) is 19.1 Å². The minimum Gasteiger partial charge on any atom is -0.352 e. The Labute approximate surface area is 158 Å². The number of rotatable bonds is 9. The number of hydrogen-bond acceptors (Lipinski definition) is 3. The van der Waals surface area contributed by atoms with Crippen molar-refractivity contribution in [3.63, 3.8) is 0 Å². The van der Waals surface area contributed by atoms with E-state index in [1.807, 2.05) is 0 Å². The van der Waals surface area contributed by atoms with Gasteiger partial charge in [-0.3, -0.25) is 4.79 Å². The van der Waals surface area contributed by atoms with Crippen LogP contribution in [0.5, 0.6) is 0 Å². The number of hydrogen-bond donors (Lipinski definition) is 1. The van der Waals surface area contributed by atoms with Gasteiger partial charge in [0.15, 0.2) is 0 Å². The van der Waals surface area contributed by atoms with Crippen LogP contribution in [0, 0.1) is 12.8 Å². The van der Waals surface area contributed by atoms with Crippen LogP contribution in [-0.4, -0.2) is 38.3 Å². The molecule has 2 rings (SSSR count). The lowest BCUT2D eigenvalue weighted by Gasteiger charge is -2.18. The molecule has 1 aromatic carbocycles. The summed E-state index contributed by atoms with van der Waals surface area (Å²) in [7, 11) is -3.52.